The van der Waals surface area contributed by atoms with Crippen LogP contribution in [0.25, 0.3) is 0 Å². The predicted molar refractivity (Wildman–Crippen MR) is 68.7 cm³/mol. The van der Waals surface area contributed by atoms with Crippen molar-refractivity contribution in [1.82, 2.24) is 5.32 Å². The Balaban J connectivity index is 2.21. The van der Waals surface area contributed by atoms with Gasteiger partial charge in [-0.1, -0.05) is 38.1 Å². The second-order valence-electron chi connectivity index (χ2n) is 4.24. The van der Waals surface area contributed by atoms with Crippen LogP contribution in [0.3, 0.4) is 0 Å². The van der Waals surface area contributed by atoms with Crippen molar-refractivity contribution in [3.05, 3.63) is 42.0 Å². The third-order valence-electron chi connectivity index (χ3n) is 2.29. The van der Waals surface area contributed by atoms with E-state index in [0.717, 1.165) is 24.9 Å². The Bertz CT molecular complexity index is 331. The van der Waals surface area contributed by atoms with E-state index < -0.39 is 0 Å². The normalized spacial score (nSPS) is 11.4. The zero-order valence-electron chi connectivity index (χ0n) is 10.1. The number of nitrogens with one attached hydrogen (secondary N) is 1. The van der Waals surface area contributed by atoms with E-state index in [1.54, 1.807) is 12.1 Å². The molecular weight excluding hydrogens is 198 g/mol. The molecule has 88 valence electrons. The van der Waals surface area contributed by atoms with Gasteiger partial charge in [0.05, 0.1) is 0 Å². The van der Waals surface area contributed by atoms with Gasteiger partial charge in [0.15, 0.2) is 0 Å². The molecule has 0 aromatic heterocycles. The Morgan fingerprint density at radius 2 is 2.12 bits per heavy atom. The topological polar surface area (TPSA) is 32.3 Å². The van der Waals surface area contributed by atoms with Crippen molar-refractivity contribution in [2.75, 3.05) is 6.54 Å². The standard InChI is InChI=1S/C14H21NO/c1-12(2)15-10-5-3-4-7-13-8-6-9-14(16)11-13/h3-4,6,8-9,11-12,15-16H,5,7,10H2,1-2H3. The highest BCUT2D eigenvalue weighted by molar-refractivity contribution is 5.28. The van der Waals surface area contributed by atoms with E-state index in [1.807, 2.05) is 12.1 Å². The van der Waals surface area contributed by atoms with Gasteiger partial charge in [-0.25, -0.2) is 0 Å². The molecule has 0 radical (unpaired) electrons. The quantitative estimate of drug-likeness (QED) is 0.569. The maximum Gasteiger partial charge on any atom is 0.115 e. The third-order valence-corrected chi connectivity index (χ3v) is 2.29. The van der Waals surface area contributed by atoms with Crippen LogP contribution < -0.4 is 5.32 Å². The number of hydrogen-bond acceptors (Lipinski definition) is 2. The van der Waals surface area contributed by atoms with Crippen molar-refractivity contribution in [2.24, 2.45) is 0 Å². The minimum Gasteiger partial charge on any atom is -0.508 e. The van der Waals surface area contributed by atoms with Gasteiger partial charge in [-0.2, -0.15) is 0 Å². The molecule has 0 aliphatic heterocycles. The molecule has 0 spiro atoms. The highest BCUT2D eigenvalue weighted by atomic mass is 16.3. The molecule has 1 aromatic rings. The summed E-state index contributed by atoms with van der Waals surface area (Å²) >= 11 is 0. The van der Waals surface area contributed by atoms with Crippen molar-refractivity contribution in [1.29, 1.82) is 0 Å². The molecule has 1 rings (SSSR count). The first-order chi connectivity index (χ1) is 7.68. The lowest BCUT2D eigenvalue weighted by Crippen LogP contribution is -2.23. The van der Waals surface area contributed by atoms with E-state index in [4.69, 9.17) is 0 Å². The lowest BCUT2D eigenvalue weighted by molar-refractivity contribution is 0.474. The van der Waals surface area contributed by atoms with Crippen LogP contribution >= 0.6 is 0 Å². The third kappa shape index (κ3) is 5.56. The summed E-state index contributed by atoms with van der Waals surface area (Å²) in [6.45, 7) is 5.32. The van der Waals surface area contributed by atoms with Gasteiger partial charge in [-0.05, 0) is 37.1 Å². The molecule has 16 heavy (non-hydrogen) atoms. The number of hydrogen-bond donors (Lipinski definition) is 2. The largest absolute Gasteiger partial charge is 0.508 e. The first kappa shape index (κ1) is 12.8. The SMILES string of the molecule is CC(C)NCCC=CCc1cccc(O)c1. The van der Waals surface area contributed by atoms with E-state index in [2.05, 4.69) is 31.3 Å². The van der Waals surface area contributed by atoms with Crippen LogP contribution in [0, 0.1) is 0 Å². The lowest BCUT2D eigenvalue weighted by atomic mass is 10.1. The molecule has 2 nitrogen and oxygen atoms in total. The number of benzene rings is 1. The Morgan fingerprint density at radius 1 is 1.31 bits per heavy atom. The van der Waals surface area contributed by atoms with Gasteiger partial charge < -0.3 is 10.4 Å². The number of phenolic OH excluding ortho intramolecular Hbond substituents is 1. The van der Waals surface area contributed by atoms with E-state index >= 15 is 0 Å². The summed E-state index contributed by atoms with van der Waals surface area (Å²) < 4.78 is 0. The molecule has 0 aliphatic carbocycles. The smallest absolute Gasteiger partial charge is 0.115 e. The van der Waals surface area contributed by atoms with Gasteiger partial charge in [-0.3, -0.25) is 0 Å². The average molecular weight is 219 g/mol. The van der Waals surface area contributed by atoms with Crippen LogP contribution in [0.5, 0.6) is 5.75 Å². The molecule has 2 N–H and O–H groups in total. The first-order valence-electron chi connectivity index (χ1n) is 5.85. The van der Waals surface area contributed by atoms with Gasteiger partial charge in [0.2, 0.25) is 0 Å². The summed E-state index contributed by atoms with van der Waals surface area (Å²) in [4.78, 5) is 0. The van der Waals surface area contributed by atoms with Gasteiger partial charge in [0.25, 0.3) is 0 Å². The maximum atomic E-state index is 9.28. The Kier molecular flexibility index (Phi) is 5.65. The summed E-state index contributed by atoms with van der Waals surface area (Å²) in [5.41, 5.74) is 1.15. The zero-order chi connectivity index (χ0) is 11.8. The summed E-state index contributed by atoms with van der Waals surface area (Å²) in [6, 6.07) is 7.95. The zero-order valence-corrected chi connectivity index (χ0v) is 10.1. The minimum atomic E-state index is 0.340. The van der Waals surface area contributed by atoms with Gasteiger partial charge in [-0.15, -0.1) is 0 Å². The second kappa shape index (κ2) is 7.07. The Labute approximate surface area is 98.0 Å². The van der Waals surface area contributed by atoms with E-state index in [9.17, 15) is 5.11 Å². The summed E-state index contributed by atoms with van der Waals surface area (Å²) in [7, 11) is 0. The van der Waals surface area contributed by atoms with Crippen molar-refractivity contribution in [2.45, 2.75) is 32.7 Å². The van der Waals surface area contributed by atoms with Crippen LogP contribution in [0.1, 0.15) is 25.8 Å². The fourth-order valence-electron chi connectivity index (χ4n) is 1.48. The Hall–Kier alpha value is -1.28. The molecular formula is C14H21NO. The van der Waals surface area contributed by atoms with Crippen LogP contribution in [0.2, 0.25) is 0 Å². The molecule has 2 heteroatoms. The molecule has 0 bridgehead atoms. The molecule has 0 saturated carbocycles. The van der Waals surface area contributed by atoms with Crippen LogP contribution in [0.15, 0.2) is 36.4 Å². The highest BCUT2D eigenvalue weighted by Gasteiger charge is 1.91. The average Bonchev–Trinajstić information content (AvgIpc) is 2.23. The summed E-state index contributed by atoms with van der Waals surface area (Å²) in [5, 5.41) is 12.6. The molecule has 0 aliphatic rings. The number of aromatic hydroxyl groups is 1. The van der Waals surface area contributed by atoms with Crippen molar-refractivity contribution in [3.63, 3.8) is 0 Å². The van der Waals surface area contributed by atoms with Crippen molar-refractivity contribution >= 4 is 0 Å². The number of allylic oxidation sites excluding steroid dienone is 1. The van der Waals surface area contributed by atoms with Gasteiger partial charge in [0.1, 0.15) is 5.75 Å². The van der Waals surface area contributed by atoms with Crippen molar-refractivity contribution in [3.8, 4) is 5.75 Å². The fraction of sp³-hybridized carbons (Fsp3) is 0.429. The molecule has 1 aromatic carbocycles. The monoisotopic (exact) mass is 219 g/mol. The molecule has 0 unspecified atom stereocenters. The number of rotatable bonds is 6. The first-order valence-corrected chi connectivity index (χ1v) is 5.85. The fourth-order valence-corrected chi connectivity index (χ4v) is 1.48. The van der Waals surface area contributed by atoms with E-state index in [1.165, 1.54) is 0 Å². The molecule has 0 amide bonds. The lowest BCUT2D eigenvalue weighted by Gasteiger charge is -2.04. The van der Waals surface area contributed by atoms with Crippen molar-refractivity contribution < 1.29 is 5.11 Å². The molecule has 0 fully saturated rings. The van der Waals surface area contributed by atoms with Gasteiger partial charge in [0, 0.05) is 6.04 Å². The molecule has 0 heterocycles. The Morgan fingerprint density at radius 3 is 2.81 bits per heavy atom. The maximum absolute atomic E-state index is 9.28. The van der Waals surface area contributed by atoms with Gasteiger partial charge >= 0.3 is 0 Å². The predicted octanol–water partition coefficient (Wildman–Crippen LogP) is 2.88. The molecule has 0 atom stereocenters. The molecule has 0 saturated heterocycles. The van der Waals surface area contributed by atoms with E-state index in [-0.39, 0.29) is 0 Å². The summed E-state index contributed by atoms with van der Waals surface area (Å²) in [5.74, 6) is 0.340. The summed E-state index contributed by atoms with van der Waals surface area (Å²) in [6.07, 6.45) is 6.27. The van der Waals surface area contributed by atoms with Crippen LogP contribution in [-0.2, 0) is 6.42 Å². The second-order valence-corrected chi connectivity index (χ2v) is 4.24. The van der Waals surface area contributed by atoms with E-state index in [0.29, 0.717) is 11.8 Å². The van der Waals surface area contributed by atoms with Crippen LogP contribution in [0.4, 0.5) is 0 Å². The minimum absolute atomic E-state index is 0.340. The number of phenols is 1. The highest BCUT2D eigenvalue weighted by Crippen LogP contribution is 2.11. The van der Waals surface area contributed by atoms with Crippen LogP contribution in [-0.4, -0.2) is 17.7 Å².